The molecule has 54 valence electrons. The Balaban J connectivity index is 3.07. The van der Waals surface area contributed by atoms with E-state index in [4.69, 9.17) is 12.2 Å². The Morgan fingerprint density at radius 1 is 1.60 bits per heavy atom. The summed E-state index contributed by atoms with van der Waals surface area (Å²) in [7, 11) is 0. The second kappa shape index (κ2) is 2.92. The summed E-state index contributed by atoms with van der Waals surface area (Å²) in [5.74, 6) is 0.504. The van der Waals surface area contributed by atoms with E-state index in [-0.39, 0.29) is 0 Å². The van der Waals surface area contributed by atoms with Crippen LogP contribution in [0.5, 0.6) is 0 Å². The Morgan fingerprint density at radius 2 is 2.30 bits per heavy atom. The zero-order valence-electron chi connectivity index (χ0n) is 6.09. The molecule has 0 atom stereocenters. The van der Waals surface area contributed by atoms with E-state index in [1.54, 1.807) is 6.20 Å². The fourth-order valence-corrected chi connectivity index (χ4v) is 0.896. The number of aromatic nitrogens is 2. The van der Waals surface area contributed by atoms with Gasteiger partial charge in [-0.3, -0.25) is 5.10 Å². The van der Waals surface area contributed by atoms with Crippen LogP contribution in [0, 0.1) is 4.64 Å². The minimum absolute atomic E-state index is 0.504. The van der Waals surface area contributed by atoms with Gasteiger partial charge in [0.2, 0.25) is 0 Å². The van der Waals surface area contributed by atoms with Crippen molar-refractivity contribution in [1.29, 1.82) is 0 Å². The molecule has 0 amide bonds. The largest absolute Gasteiger partial charge is 0.268 e. The zero-order chi connectivity index (χ0) is 7.56. The standard InChI is InChI=1S/C7H10N2S/c1-5(2)6-3-7(10)9-8-4-6/h3-5H,1-2H3,(H,9,10). The Kier molecular flexibility index (Phi) is 2.17. The number of nitrogens with zero attached hydrogens (tertiary/aromatic N) is 1. The monoisotopic (exact) mass is 154 g/mol. The summed E-state index contributed by atoms with van der Waals surface area (Å²) in [6.07, 6.45) is 1.81. The third kappa shape index (κ3) is 1.64. The van der Waals surface area contributed by atoms with Crippen molar-refractivity contribution in [2.75, 3.05) is 0 Å². The van der Waals surface area contributed by atoms with Gasteiger partial charge in [0.05, 0.1) is 6.20 Å². The van der Waals surface area contributed by atoms with E-state index in [1.165, 1.54) is 5.56 Å². The maximum atomic E-state index is 4.90. The van der Waals surface area contributed by atoms with E-state index < -0.39 is 0 Å². The van der Waals surface area contributed by atoms with Gasteiger partial charge in [-0.2, -0.15) is 5.10 Å². The van der Waals surface area contributed by atoms with E-state index in [2.05, 4.69) is 24.0 Å². The fraction of sp³-hybridized carbons (Fsp3) is 0.429. The van der Waals surface area contributed by atoms with Crippen LogP contribution in [0.4, 0.5) is 0 Å². The molecule has 0 fully saturated rings. The van der Waals surface area contributed by atoms with Crippen molar-refractivity contribution in [2.45, 2.75) is 19.8 Å². The first kappa shape index (κ1) is 7.41. The van der Waals surface area contributed by atoms with Crippen molar-refractivity contribution >= 4 is 12.2 Å². The molecule has 0 aliphatic rings. The molecule has 0 aliphatic carbocycles. The van der Waals surface area contributed by atoms with E-state index in [0.29, 0.717) is 10.6 Å². The molecule has 1 N–H and O–H groups in total. The van der Waals surface area contributed by atoms with Crippen LogP contribution in [0.25, 0.3) is 0 Å². The van der Waals surface area contributed by atoms with Crippen LogP contribution in [-0.4, -0.2) is 10.2 Å². The molecule has 0 aromatic carbocycles. The first-order valence-electron chi connectivity index (χ1n) is 3.25. The molecule has 0 radical (unpaired) electrons. The molecule has 1 heterocycles. The molecule has 1 aromatic heterocycles. The van der Waals surface area contributed by atoms with Crippen molar-refractivity contribution in [3.63, 3.8) is 0 Å². The van der Waals surface area contributed by atoms with Crippen molar-refractivity contribution in [3.8, 4) is 0 Å². The van der Waals surface area contributed by atoms with Crippen LogP contribution in [0.3, 0.4) is 0 Å². The molecule has 1 aromatic rings. The average Bonchev–Trinajstić information content (AvgIpc) is 1.88. The van der Waals surface area contributed by atoms with Gasteiger partial charge < -0.3 is 0 Å². The molecule has 0 aliphatic heterocycles. The molecule has 3 heteroatoms. The van der Waals surface area contributed by atoms with Gasteiger partial charge in [-0.1, -0.05) is 26.1 Å². The topological polar surface area (TPSA) is 28.7 Å². The molecule has 0 saturated heterocycles. The van der Waals surface area contributed by atoms with Crippen molar-refractivity contribution < 1.29 is 0 Å². The smallest absolute Gasteiger partial charge is 0.119 e. The van der Waals surface area contributed by atoms with Crippen molar-refractivity contribution in [1.82, 2.24) is 10.2 Å². The predicted octanol–water partition coefficient (Wildman–Crippen LogP) is 2.26. The van der Waals surface area contributed by atoms with Crippen LogP contribution in [0.15, 0.2) is 12.3 Å². The summed E-state index contributed by atoms with van der Waals surface area (Å²) in [6.45, 7) is 4.23. The molecule has 10 heavy (non-hydrogen) atoms. The first-order valence-corrected chi connectivity index (χ1v) is 3.65. The van der Waals surface area contributed by atoms with Crippen LogP contribution >= 0.6 is 12.2 Å². The van der Waals surface area contributed by atoms with Crippen LogP contribution in [0.1, 0.15) is 25.3 Å². The molecule has 0 bridgehead atoms. The van der Waals surface area contributed by atoms with Gasteiger partial charge >= 0.3 is 0 Å². The summed E-state index contributed by atoms with van der Waals surface area (Å²) >= 11 is 4.90. The van der Waals surface area contributed by atoms with Gasteiger partial charge in [-0.15, -0.1) is 0 Å². The fourth-order valence-electron chi connectivity index (χ4n) is 0.707. The maximum absolute atomic E-state index is 4.90. The second-order valence-corrected chi connectivity index (χ2v) is 2.97. The lowest BCUT2D eigenvalue weighted by Crippen LogP contribution is -1.90. The summed E-state index contributed by atoms with van der Waals surface area (Å²) < 4.78 is 0.700. The molecule has 0 spiro atoms. The van der Waals surface area contributed by atoms with Crippen LogP contribution in [-0.2, 0) is 0 Å². The lowest BCUT2D eigenvalue weighted by molar-refractivity contribution is 0.838. The minimum atomic E-state index is 0.504. The molecular weight excluding hydrogens is 144 g/mol. The average molecular weight is 154 g/mol. The molecule has 0 unspecified atom stereocenters. The van der Waals surface area contributed by atoms with Crippen LogP contribution < -0.4 is 0 Å². The Bertz CT molecular complexity index is 264. The van der Waals surface area contributed by atoms with E-state index >= 15 is 0 Å². The number of H-pyrrole nitrogens is 1. The molecule has 0 saturated carbocycles. The summed E-state index contributed by atoms with van der Waals surface area (Å²) in [4.78, 5) is 0. The van der Waals surface area contributed by atoms with Gasteiger partial charge in [0, 0.05) is 0 Å². The Morgan fingerprint density at radius 3 is 2.70 bits per heavy atom. The van der Waals surface area contributed by atoms with Crippen molar-refractivity contribution in [3.05, 3.63) is 22.5 Å². The first-order chi connectivity index (χ1) is 4.70. The number of nitrogens with one attached hydrogen (secondary N) is 1. The quantitative estimate of drug-likeness (QED) is 0.628. The summed E-state index contributed by atoms with van der Waals surface area (Å²) in [5.41, 5.74) is 1.18. The van der Waals surface area contributed by atoms with Crippen molar-refractivity contribution in [2.24, 2.45) is 0 Å². The summed E-state index contributed by atoms with van der Waals surface area (Å²) in [5, 5.41) is 6.57. The highest BCUT2D eigenvalue weighted by atomic mass is 32.1. The lowest BCUT2D eigenvalue weighted by Gasteiger charge is -2.01. The highest BCUT2D eigenvalue weighted by molar-refractivity contribution is 7.71. The number of rotatable bonds is 1. The normalized spacial score (nSPS) is 10.3. The lowest BCUT2D eigenvalue weighted by atomic mass is 10.1. The van der Waals surface area contributed by atoms with E-state index in [0.717, 1.165) is 0 Å². The third-order valence-corrected chi connectivity index (χ3v) is 1.56. The number of hydrogen-bond donors (Lipinski definition) is 1. The van der Waals surface area contributed by atoms with Gasteiger partial charge in [-0.25, -0.2) is 0 Å². The minimum Gasteiger partial charge on any atom is -0.268 e. The maximum Gasteiger partial charge on any atom is 0.119 e. The Labute approximate surface area is 65.3 Å². The van der Waals surface area contributed by atoms with E-state index in [1.807, 2.05) is 6.07 Å². The van der Waals surface area contributed by atoms with E-state index in [9.17, 15) is 0 Å². The van der Waals surface area contributed by atoms with Gasteiger partial charge in [0.25, 0.3) is 0 Å². The molecule has 1 rings (SSSR count). The third-order valence-electron chi connectivity index (χ3n) is 1.35. The number of aromatic amines is 1. The zero-order valence-corrected chi connectivity index (χ0v) is 6.90. The van der Waals surface area contributed by atoms with Gasteiger partial charge in [0.15, 0.2) is 0 Å². The molecular formula is C7H10N2S. The highest BCUT2D eigenvalue weighted by Crippen LogP contribution is 2.10. The molecule has 2 nitrogen and oxygen atoms in total. The predicted molar refractivity (Wildman–Crippen MR) is 43.5 cm³/mol. The summed E-state index contributed by atoms with van der Waals surface area (Å²) in [6, 6.07) is 1.94. The Hall–Kier alpha value is -0.700. The second-order valence-electron chi connectivity index (χ2n) is 2.53. The number of hydrogen-bond acceptors (Lipinski definition) is 2. The van der Waals surface area contributed by atoms with Gasteiger partial charge in [-0.05, 0) is 17.5 Å². The highest BCUT2D eigenvalue weighted by Gasteiger charge is 1.96. The SMILES string of the molecule is CC(C)c1cn[nH]c(=S)c1. The van der Waals surface area contributed by atoms with Crippen LogP contribution in [0.2, 0.25) is 0 Å². The van der Waals surface area contributed by atoms with Gasteiger partial charge in [0.1, 0.15) is 4.64 Å².